The Balaban J connectivity index is 1.41. The van der Waals surface area contributed by atoms with Crippen molar-refractivity contribution in [3.63, 3.8) is 0 Å². The predicted octanol–water partition coefficient (Wildman–Crippen LogP) is 2.06. The number of aromatic nitrogens is 2. The van der Waals surface area contributed by atoms with Gasteiger partial charge in [-0.1, -0.05) is 12.1 Å². The molecule has 2 fully saturated rings. The summed E-state index contributed by atoms with van der Waals surface area (Å²) in [7, 11) is 0. The first-order valence-corrected chi connectivity index (χ1v) is 9.59. The number of hydrogen-bond donors (Lipinski definition) is 0. The van der Waals surface area contributed by atoms with Crippen molar-refractivity contribution in [1.82, 2.24) is 19.4 Å². The molecule has 3 heterocycles. The minimum absolute atomic E-state index is 0.193. The van der Waals surface area contributed by atoms with E-state index in [1.54, 1.807) is 0 Å². The topological polar surface area (TPSA) is 50.6 Å². The first kappa shape index (κ1) is 17.5. The number of benzene rings is 1. The van der Waals surface area contributed by atoms with E-state index < -0.39 is 0 Å². The molecule has 0 N–H and O–H groups in total. The van der Waals surface area contributed by atoms with Crippen molar-refractivity contribution >= 4 is 16.9 Å². The number of carbonyl (C=O) groups is 1. The van der Waals surface area contributed by atoms with Crippen LogP contribution in [-0.2, 0) is 16.1 Å². The number of para-hydroxylation sites is 2. The molecule has 2 aromatic rings. The molecule has 2 aliphatic rings. The van der Waals surface area contributed by atoms with E-state index in [0.29, 0.717) is 6.54 Å². The number of morpholine rings is 1. The minimum Gasteiger partial charge on any atom is -0.379 e. The number of imidazole rings is 1. The number of ether oxygens (including phenoxy) is 1. The summed E-state index contributed by atoms with van der Waals surface area (Å²) in [5.41, 5.74) is 2.18. The van der Waals surface area contributed by atoms with E-state index in [-0.39, 0.29) is 11.4 Å². The zero-order valence-corrected chi connectivity index (χ0v) is 15.8. The summed E-state index contributed by atoms with van der Waals surface area (Å²) in [6.45, 7) is 10.0. The lowest BCUT2D eigenvalue weighted by atomic mass is 9.87. The molecule has 2 aliphatic heterocycles. The van der Waals surface area contributed by atoms with Crippen molar-refractivity contribution in [2.45, 2.75) is 38.8 Å². The van der Waals surface area contributed by atoms with Crippen LogP contribution in [0.3, 0.4) is 0 Å². The van der Waals surface area contributed by atoms with Gasteiger partial charge in [-0.2, -0.15) is 0 Å². The standard InChI is InChI=1S/C20H28N4O2/c1-16-21-17-5-3-4-6-18(17)24(16)15-19(25)22-9-7-20(2,8-10-22)23-11-13-26-14-12-23/h3-6H,7-15H2,1-2H3. The molecule has 140 valence electrons. The summed E-state index contributed by atoms with van der Waals surface area (Å²) in [6, 6.07) is 8.02. The van der Waals surface area contributed by atoms with Crippen molar-refractivity contribution in [2.24, 2.45) is 0 Å². The van der Waals surface area contributed by atoms with Crippen LogP contribution in [0.5, 0.6) is 0 Å². The van der Waals surface area contributed by atoms with Crippen LogP contribution in [0.15, 0.2) is 24.3 Å². The molecule has 0 unspecified atom stereocenters. The van der Waals surface area contributed by atoms with Gasteiger partial charge in [0, 0.05) is 31.7 Å². The summed E-state index contributed by atoms with van der Waals surface area (Å²) in [5, 5.41) is 0. The fraction of sp³-hybridized carbons (Fsp3) is 0.600. The van der Waals surface area contributed by atoms with Gasteiger partial charge in [-0.25, -0.2) is 4.98 Å². The van der Waals surface area contributed by atoms with Gasteiger partial charge in [0.25, 0.3) is 0 Å². The highest BCUT2D eigenvalue weighted by molar-refractivity contribution is 5.81. The second kappa shape index (κ2) is 7.00. The number of hydrogen-bond acceptors (Lipinski definition) is 4. The van der Waals surface area contributed by atoms with Crippen molar-refractivity contribution in [3.8, 4) is 0 Å². The maximum Gasteiger partial charge on any atom is 0.242 e. The maximum absolute atomic E-state index is 12.9. The van der Waals surface area contributed by atoms with Crippen LogP contribution < -0.4 is 0 Å². The Morgan fingerprint density at radius 1 is 1.15 bits per heavy atom. The highest BCUT2D eigenvalue weighted by Crippen LogP contribution is 2.29. The van der Waals surface area contributed by atoms with Gasteiger partial charge in [-0.05, 0) is 38.8 Å². The van der Waals surface area contributed by atoms with Crippen molar-refractivity contribution < 1.29 is 9.53 Å². The average molecular weight is 356 g/mol. The Hall–Kier alpha value is -1.92. The van der Waals surface area contributed by atoms with Crippen LogP contribution in [0.1, 0.15) is 25.6 Å². The third kappa shape index (κ3) is 3.23. The Kier molecular flexibility index (Phi) is 4.71. The molecule has 0 bridgehead atoms. The smallest absolute Gasteiger partial charge is 0.242 e. The van der Waals surface area contributed by atoms with Crippen LogP contribution in [0.25, 0.3) is 11.0 Å². The molecule has 0 saturated carbocycles. The SMILES string of the molecule is Cc1nc2ccccc2n1CC(=O)N1CCC(C)(N2CCOCC2)CC1. The molecule has 0 atom stereocenters. The van der Waals surface area contributed by atoms with Gasteiger partial charge in [0.2, 0.25) is 5.91 Å². The molecule has 1 aromatic heterocycles. The Morgan fingerprint density at radius 3 is 2.58 bits per heavy atom. The molecule has 1 aromatic carbocycles. The molecule has 1 amide bonds. The van der Waals surface area contributed by atoms with Crippen molar-refractivity contribution in [1.29, 1.82) is 0 Å². The number of aryl methyl sites for hydroxylation is 1. The third-order valence-corrected chi connectivity index (χ3v) is 6.11. The minimum atomic E-state index is 0.193. The second-order valence-electron chi connectivity index (χ2n) is 7.71. The van der Waals surface area contributed by atoms with Crippen LogP contribution in [0, 0.1) is 6.92 Å². The van der Waals surface area contributed by atoms with E-state index >= 15 is 0 Å². The fourth-order valence-electron chi connectivity index (χ4n) is 4.29. The molecule has 6 nitrogen and oxygen atoms in total. The first-order valence-electron chi connectivity index (χ1n) is 9.59. The lowest BCUT2D eigenvalue weighted by Crippen LogP contribution is -2.57. The number of fused-ring (bicyclic) bond motifs is 1. The molecule has 0 spiro atoms. The fourth-order valence-corrected chi connectivity index (χ4v) is 4.29. The summed E-state index contributed by atoms with van der Waals surface area (Å²) in [5.74, 6) is 1.09. The van der Waals surface area contributed by atoms with Gasteiger partial charge in [0.1, 0.15) is 12.4 Å². The van der Waals surface area contributed by atoms with Gasteiger partial charge >= 0.3 is 0 Å². The summed E-state index contributed by atoms with van der Waals surface area (Å²) >= 11 is 0. The normalized spacial score (nSPS) is 21.2. The number of rotatable bonds is 3. The quantitative estimate of drug-likeness (QED) is 0.845. The third-order valence-electron chi connectivity index (χ3n) is 6.11. The predicted molar refractivity (Wildman–Crippen MR) is 101 cm³/mol. The molecule has 4 rings (SSSR count). The van der Waals surface area contributed by atoms with Gasteiger partial charge in [0.05, 0.1) is 24.2 Å². The number of piperidine rings is 1. The van der Waals surface area contributed by atoms with Gasteiger partial charge in [-0.3, -0.25) is 9.69 Å². The first-order chi connectivity index (χ1) is 12.6. The van der Waals surface area contributed by atoms with E-state index in [2.05, 4.69) is 16.8 Å². The molecular formula is C20H28N4O2. The number of likely N-dealkylation sites (tertiary alicyclic amines) is 1. The largest absolute Gasteiger partial charge is 0.379 e. The van der Waals surface area contributed by atoms with E-state index in [0.717, 1.165) is 69.1 Å². The van der Waals surface area contributed by atoms with Crippen LogP contribution in [0.2, 0.25) is 0 Å². The summed E-state index contributed by atoms with van der Waals surface area (Å²) in [6.07, 6.45) is 2.06. The van der Waals surface area contributed by atoms with E-state index in [9.17, 15) is 4.79 Å². The zero-order valence-electron chi connectivity index (χ0n) is 15.8. The van der Waals surface area contributed by atoms with Gasteiger partial charge < -0.3 is 14.2 Å². The molecule has 6 heteroatoms. The lowest BCUT2D eigenvalue weighted by molar-refractivity contribution is -0.135. The molecular weight excluding hydrogens is 328 g/mol. The monoisotopic (exact) mass is 356 g/mol. The number of nitrogens with zero attached hydrogens (tertiary/aromatic N) is 4. The number of carbonyl (C=O) groups excluding carboxylic acids is 1. The van der Waals surface area contributed by atoms with E-state index in [1.165, 1.54) is 0 Å². The van der Waals surface area contributed by atoms with Crippen LogP contribution >= 0.6 is 0 Å². The molecule has 0 radical (unpaired) electrons. The van der Waals surface area contributed by atoms with Crippen molar-refractivity contribution in [2.75, 3.05) is 39.4 Å². The van der Waals surface area contributed by atoms with E-state index in [1.807, 2.05) is 40.7 Å². The summed E-state index contributed by atoms with van der Waals surface area (Å²) < 4.78 is 7.52. The van der Waals surface area contributed by atoms with Crippen LogP contribution in [0.4, 0.5) is 0 Å². The number of amides is 1. The molecule has 0 aliphatic carbocycles. The lowest BCUT2D eigenvalue weighted by Gasteiger charge is -2.48. The highest BCUT2D eigenvalue weighted by Gasteiger charge is 2.37. The Bertz CT molecular complexity index is 786. The highest BCUT2D eigenvalue weighted by atomic mass is 16.5. The summed E-state index contributed by atoms with van der Waals surface area (Å²) in [4.78, 5) is 22.0. The maximum atomic E-state index is 12.9. The molecule has 26 heavy (non-hydrogen) atoms. The zero-order chi connectivity index (χ0) is 18.1. The van der Waals surface area contributed by atoms with E-state index in [4.69, 9.17) is 4.74 Å². The van der Waals surface area contributed by atoms with Crippen LogP contribution in [-0.4, -0.2) is 70.2 Å². The second-order valence-corrected chi connectivity index (χ2v) is 7.71. The Labute approximate surface area is 154 Å². The molecule has 2 saturated heterocycles. The van der Waals surface area contributed by atoms with Gasteiger partial charge in [0.15, 0.2) is 0 Å². The Morgan fingerprint density at radius 2 is 1.85 bits per heavy atom. The van der Waals surface area contributed by atoms with Gasteiger partial charge in [-0.15, -0.1) is 0 Å². The average Bonchev–Trinajstić information content (AvgIpc) is 2.98. The van der Waals surface area contributed by atoms with Crippen molar-refractivity contribution in [3.05, 3.63) is 30.1 Å².